The molecule has 0 heterocycles. The summed E-state index contributed by atoms with van der Waals surface area (Å²) in [4.78, 5) is 23.6. The quantitative estimate of drug-likeness (QED) is 0.460. The molecule has 4 heteroatoms. The highest BCUT2D eigenvalue weighted by molar-refractivity contribution is 5.85. The smallest absolute Gasteiger partial charge is 0.311 e. The minimum atomic E-state index is -0.461. The van der Waals surface area contributed by atoms with Gasteiger partial charge in [-0.3, -0.25) is 9.59 Å². The molecule has 0 amide bonds. The molecule has 0 saturated carbocycles. The summed E-state index contributed by atoms with van der Waals surface area (Å²) in [5.74, 6) is 5.08. The first kappa shape index (κ1) is 17.6. The molecule has 1 unspecified atom stereocenters. The molecule has 2 rings (SSSR count). The standard InChI is InChI=1S/C20H20O4/c1-3-7-17(4-2)23-19(21)12-13-20(22)24-18-11-10-15-8-5-6-9-16(15)14-18/h5-6,8-11,14,17H,4,12-13H2,1-2H3. The molecule has 0 aromatic heterocycles. The van der Waals surface area contributed by atoms with E-state index in [1.54, 1.807) is 19.1 Å². The average Bonchev–Trinajstić information content (AvgIpc) is 2.59. The van der Waals surface area contributed by atoms with E-state index in [0.717, 1.165) is 10.8 Å². The lowest BCUT2D eigenvalue weighted by atomic mass is 10.1. The molecule has 0 radical (unpaired) electrons. The van der Waals surface area contributed by atoms with Gasteiger partial charge in [0.2, 0.25) is 0 Å². The highest BCUT2D eigenvalue weighted by Gasteiger charge is 2.13. The number of carbonyl (C=O) groups is 2. The summed E-state index contributed by atoms with van der Waals surface area (Å²) in [7, 11) is 0. The van der Waals surface area contributed by atoms with E-state index < -0.39 is 18.0 Å². The van der Waals surface area contributed by atoms with E-state index in [4.69, 9.17) is 9.47 Å². The fourth-order valence-corrected chi connectivity index (χ4v) is 2.21. The lowest BCUT2D eigenvalue weighted by molar-refractivity contribution is -0.149. The fraction of sp³-hybridized carbons (Fsp3) is 0.300. The zero-order valence-electron chi connectivity index (χ0n) is 13.9. The molecule has 4 nitrogen and oxygen atoms in total. The predicted octanol–water partition coefficient (Wildman–Crippen LogP) is 3.87. The van der Waals surface area contributed by atoms with Gasteiger partial charge in [-0.1, -0.05) is 43.2 Å². The number of benzene rings is 2. The minimum absolute atomic E-state index is 0.0195. The molecule has 1 atom stereocenters. The third kappa shape index (κ3) is 5.13. The molecule has 24 heavy (non-hydrogen) atoms. The Bertz CT molecular complexity index is 783. The minimum Gasteiger partial charge on any atom is -0.449 e. The maximum absolute atomic E-state index is 11.9. The van der Waals surface area contributed by atoms with Crippen molar-refractivity contribution >= 4 is 22.7 Å². The van der Waals surface area contributed by atoms with Crippen molar-refractivity contribution in [1.29, 1.82) is 0 Å². The van der Waals surface area contributed by atoms with Crippen LogP contribution in [0, 0.1) is 11.8 Å². The largest absolute Gasteiger partial charge is 0.449 e. The predicted molar refractivity (Wildman–Crippen MR) is 92.4 cm³/mol. The molecule has 0 saturated heterocycles. The van der Waals surface area contributed by atoms with Gasteiger partial charge in [0, 0.05) is 0 Å². The lowest BCUT2D eigenvalue weighted by Crippen LogP contribution is -2.17. The Balaban J connectivity index is 1.85. The zero-order chi connectivity index (χ0) is 17.4. The van der Waals surface area contributed by atoms with Gasteiger partial charge in [-0.15, -0.1) is 5.92 Å². The Morgan fingerprint density at radius 2 is 1.75 bits per heavy atom. The zero-order valence-corrected chi connectivity index (χ0v) is 13.9. The van der Waals surface area contributed by atoms with Crippen LogP contribution in [0.15, 0.2) is 42.5 Å². The highest BCUT2D eigenvalue weighted by Crippen LogP contribution is 2.21. The van der Waals surface area contributed by atoms with Crippen molar-refractivity contribution in [1.82, 2.24) is 0 Å². The topological polar surface area (TPSA) is 52.6 Å². The summed E-state index contributed by atoms with van der Waals surface area (Å²) < 4.78 is 10.5. The number of rotatable bonds is 6. The Morgan fingerprint density at radius 3 is 2.46 bits per heavy atom. The Morgan fingerprint density at radius 1 is 1.04 bits per heavy atom. The highest BCUT2D eigenvalue weighted by atomic mass is 16.5. The van der Waals surface area contributed by atoms with Gasteiger partial charge >= 0.3 is 11.9 Å². The second-order valence-corrected chi connectivity index (χ2v) is 5.26. The maximum Gasteiger partial charge on any atom is 0.311 e. The number of hydrogen-bond acceptors (Lipinski definition) is 4. The number of hydrogen-bond donors (Lipinski definition) is 0. The van der Waals surface area contributed by atoms with Crippen LogP contribution in [0.4, 0.5) is 0 Å². The van der Waals surface area contributed by atoms with Crippen molar-refractivity contribution in [3.05, 3.63) is 42.5 Å². The van der Waals surface area contributed by atoms with Crippen LogP contribution in [0.1, 0.15) is 33.1 Å². The molecule has 124 valence electrons. The van der Waals surface area contributed by atoms with E-state index in [-0.39, 0.29) is 12.8 Å². The van der Waals surface area contributed by atoms with Crippen LogP contribution in [-0.4, -0.2) is 18.0 Å². The first-order valence-electron chi connectivity index (χ1n) is 7.93. The molecular formula is C20H20O4. The van der Waals surface area contributed by atoms with Crippen LogP contribution in [-0.2, 0) is 14.3 Å². The third-order valence-corrected chi connectivity index (χ3v) is 3.44. The molecule has 0 spiro atoms. The first-order valence-corrected chi connectivity index (χ1v) is 7.93. The van der Waals surface area contributed by atoms with Crippen LogP contribution < -0.4 is 4.74 Å². The summed E-state index contributed by atoms with van der Waals surface area (Å²) in [6.45, 7) is 3.58. The van der Waals surface area contributed by atoms with Crippen molar-refractivity contribution in [3.63, 3.8) is 0 Å². The Hall–Kier alpha value is -2.80. The van der Waals surface area contributed by atoms with Crippen LogP contribution >= 0.6 is 0 Å². The molecular weight excluding hydrogens is 304 g/mol. The van der Waals surface area contributed by atoms with E-state index in [0.29, 0.717) is 12.2 Å². The molecule has 0 fully saturated rings. The van der Waals surface area contributed by atoms with Gasteiger partial charge in [-0.2, -0.15) is 0 Å². The number of ether oxygens (including phenoxy) is 2. The van der Waals surface area contributed by atoms with E-state index in [1.165, 1.54) is 0 Å². The van der Waals surface area contributed by atoms with E-state index in [2.05, 4.69) is 11.8 Å². The summed E-state index contributed by atoms with van der Waals surface area (Å²) in [6.07, 6.45) is 0.156. The molecule has 0 bridgehead atoms. The third-order valence-electron chi connectivity index (χ3n) is 3.44. The van der Waals surface area contributed by atoms with Crippen LogP contribution in [0.5, 0.6) is 5.75 Å². The van der Waals surface area contributed by atoms with E-state index >= 15 is 0 Å². The van der Waals surface area contributed by atoms with Crippen molar-refractivity contribution in [2.24, 2.45) is 0 Å². The molecule has 0 aliphatic carbocycles. The van der Waals surface area contributed by atoms with Gasteiger partial charge in [0.15, 0.2) is 6.10 Å². The van der Waals surface area contributed by atoms with Gasteiger partial charge in [0.05, 0.1) is 12.8 Å². The average molecular weight is 324 g/mol. The molecule has 0 aliphatic rings. The van der Waals surface area contributed by atoms with Gasteiger partial charge in [-0.05, 0) is 36.2 Å². The molecule has 0 aliphatic heterocycles. The van der Waals surface area contributed by atoms with E-state index in [1.807, 2.05) is 37.3 Å². The Kier molecular flexibility index (Phi) is 6.39. The number of carbonyl (C=O) groups excluding carboxylic acids is 2. The molecule has 2 aromatic carbocycles. The SMILES string of the molecule is CC#CC(CC)OC(=O)CCC(=O)Oc1ccc2ccccc2c1. The fourth-order valence-electron chi connectivity index (χ4n) is 2.21. The molecule has 0 N–H and O–H groups in total. The van der Waals surface area contributed by atoms with Crippen LogP contribution in [0.2, 0.25) is 0 Å². The Labute approximate surface area is 141 Å². The van der Waals surface area contributed by atoms with Crippen molar-refractivity contribution in [3.8, 4) is 17.6 Å². The van der Waals surface area contributed by atoms with Crippen LogP contribution in [0.3, 0.4) is 0 Å². The van der Waals surface area contributed by atoms with Crippen molar-refractivity contribution in [2.45, 2.75) is 39.2 Å². The van der Waals surface area contributed by atoms with E-state index in [9.17, 15) is 9.59 Å². The number of fused-ring (bicyclic) bond motifs is 1. The van der Waals surface area contributed by atoms with Gasteiger partial charge in [0.1, 0.15) is 5.75 Å². The maximum atomic E-state index is 11.9. The van der Waals surface area contributed by atoms with Gasteiger partial charge in [-0.25, -0.2) is 0 Å². The van der Waals surface area contributed by atoms with Gasteiger partial charge < -0.3 is 9.47 Å². The number of esters is 2. The monoisotopic (exact) mass is 324 g/mol. The normalized spacial score (nSPS) is 11.2. The van der Waals surface area contributed by atoms with Crippen LogP contribution in [0.25, 0.3) is 10.8 Å². The second kappa shape index (κ2) is 8.73. The van der Waals surface area contributed by atoms with Gasteiger partial charge in [0.25, 0.3) is 0 Å². The summed E-state index contributed by atoms with van der Waals surface area (Å²) in [5.41, 5.74) is 0. The summed E-state index contributed by atoms with van der Waals surface area (Å²) >= 11 is 0. The van der Waals surface area contributed by atoms with Crippen molar-refractivity contribution in [2.75, 3.05) is 0 Å². The summed E-state index contributed by atoms with van der Waals surface area (Å²) in [5, 5.41) is 2.06. The first-order chi connectivity index (χ1) is 11.6. The summed E-state index contributed by atoms with van der Waals surface area (Å²) in [6, 6.07) is 13.2. The lowest BCUT2D eigenvalue weighted by Gasteiger charge is -2.10. The molecule has 2 aromatic rings. The second-order valence-electron chi connectivity index (χ2n) is 5.26. The van der Waals surface area contributed by atoms with Crippen molar-refractivity contribution < 1.29 is 19.1 Å².